The molecule has 1 fully saturated rings. The van der Waals surface area contributed by atoms with Crippen LogP contribution in [0.25, 0.3) is 0 Å². The lowest BCUT2D eigenvalue weighted by molar-refractivity contribution is 0.0270. The van der Waals surface area contributed by atoms with Gasteiger partial charge in [-0.05, 0) is 31.3 Å². The molecular formula is C16H18N2O. The van der Waals surface area contributed by atoms with E-state index in [-0.39, 0.29) is 5.60 Å². The lowest BCUT2D eigenvalue weighted by atomic mass is 9.83. The Kier molecular flexibility index (Phi) is 2.42. The molecule has 2 aliphatic heterocycles. The zero-order valence-electron chi connectivity index (χ0n) is 10.9. The molecule has 3 heteroatoms. The standard InChI is InChI=1S/C16H18N2O/c1-2-6-14-13(5-1)15(18-11-3-4-12-18)16(19-14)7-9-17-10-8-16/h1-6,11-12,15,17H,7-10H2/t15-/m1/s1. The van der Waals surface area contributed by atoms with Crippen molar-refractivity contribution in [1.29, 1.82) is 0 Å². The van der Waals surface area contributed by atoms with E-state index in [9.17, 15) is 0 Å². The summed E-state index contributed by atoms with van der Waals surface area (Å²) < 4.78 is 8.71. The average Bonchev–Trinajstić information content (AvgIpc) is 3.04. The summed E-state index contributed by atoms with van der Waals surface area (Å²) in [5.41, 5.74) is 1.24. The van der Waals surface area contributed by atoms with Gasteiger partial charge in [-0.1, -0.05) is 18.2 Å². The fourth-order valence-electron chi connectivity index (χ4n) is 3.54. The van der Waals surface area contributed by atoms with Gasteiger partial charge in [0, 0.05) is 30.8 Å². The smallest absolute Gasteiger partial charge is 0.136 e. The van der Waals surface area contributed by atoms with Crippen molar-refractivity contribution in [3.8, 4) is 5.75 Å². The van der Waals surface area contributed by atoms with Crippen molar-refractivity contribution in [3.05, 3.63) is 54.4 Å². The van der Waals surface area contributed by atoms with Gasteiger partial charge in [-0.2, -0.15) is 0 Å². The van der Waals surface area contributed by atoms with Crippen molar-refractivity contribution >= 4 is 0 Å². The zero-order chi connectivity index (χ0) is 12.7. The van der Waals surface area contributed by atoms with Gasteiger partial charge in [0.2, 0.25) is 0 Å². The average molecular weight is 254 g/mol. The van der Waals surface area contributed by atoms with Gasteiger partial charge in [-0.3, -0.25) is 0 Å². The number of para-hydroxylation sites is 1. The molecule has 1 aromatic carbocycles. The molecule has 1 spiro atoms. The maximum Gasteiger partial charge on any atom is 0.136 e. The number of rotatable bonds is 1. The number of fused-ring (bicyclic) bond motifs is 1. The van der Waals surface area contributed by atoms with Crippen LogP contribution in [0.5, 0.6) is 5.75 Å². The summed E-state index contributed by atoms with van der Waals surface area (Å²) in [6, 6.07) is 13.0. The molecule has 0 unspecified atom stereocenters. The molecule has 4 rings (SSSR count). The van der Waals surface area contributed by atoms with Crippen molar-refractivity contribution in [1.82, 2.24) is 9.88 Å². The Morgan fingerprint density at radius 1 is 1.05 bits per heavy atom. The molecule has 0 amide bonds. The largest absolute Gasteiger partial charge is 0.484 e. The van der Waals surface area contributed by atoms with Crippen LogP contribution in [0, 0.1) is 0 Å². The van der Waals surface area contributed by atoms with E-state index in [1.54, 1.807) is 0 Å². The van der Waals surface area contributed by atoms with Crippen LogP contribution in [0.4, 0.5) is 0 Å². The van der Waals surface area contributed by atoms with Crippen molar-refractivity contribution in [3.63, 3.8) is 0 Å². The topological polar surface area (TPSA) is 26.2 Å². The Bertz CT molecular complexity index is 570. The normalized spacial score (nSPS) is 24.1. The second kappa shape index (κ2) is 4.14. The van der Waals surface area contributed by atoms with Crippen LogP contribution in [0.15, 0.2) is 48.8 Å². The van der Waals surface area contributed by atoms with Crippen molar-refractivity contribution < 1.29 is 4.74 Å². The Labute approximate surface area is 113 Å². The SMILES string of the molecule is c1ccc2c(c1)OC1(CCNCC1)[C@@H]2n1cccc1. The first kappa shape index (κ1) is 11.1. The van der Waals surface area contributed by atoms with Gasteiger partial charge in [0.1, 0.15) is 17.4 Å². The molecule has 0 saturated carbocycles. The number of nitrogens with zero attached hydrogens (tertiary/aromatic N) is 1. The van der Waals surface area contributed by atoms with Gasteiger partial charge in [-0.25, -0.2) is 0 Å². The van der Waals surface area contributed by atoms with Gasteiger partial charge in [0.05, 0.1) is 0 Å². The van der Waals surface area contributed by atoms with Crippen LogP contribution in [0.2, 0.25) is 0 Å². The second-order valence-corrected chi connectivity index (χ2v) is 5.49. The van der Waals surface area contributed by atoms with Crippen molar-refractivity contribution in [2.75, 3.05) is 13.1 Å². The molecule has 3 nitrogen and oxygen atoms in total. The first-order valence-electron chi connectivity index (χ1n) is 7.00. The van der Waals surface area contributed by atoms with Gasteiger partial charge in [0.15, 0.2) is 0 Å². The lowest BCUT2D eigenvalue weighted by Gasteiger charge is -2.38. The first-order chi connectivity index (χ1) is 9.39. The quantitative estimate of drug-likeness (QED) is 0.846. The van der Waals surface area contributed by atoms with Crippen LogP contribution in [-0.4, -0.2) is 23.3 Å². The Morgan fingerprint density at radius 3 is 2.58 bits per heavy atom. The molecule has 2 aromatic rings. The molecule has 3 heterocycles. The molecule has 1 saturated heterocycles. The van der Waals surface area contributed by atoms with E-state index in [1.807, 2.05) is 0 Å². The third-order valence-electron chi connectivity index (χ3n) is 4.40. The maximum absolute atomic E-state index is 6.41. The predicted molar refractivity (Wildman–Crippen MR) is 74.5 cm³/mol. The van der Waals surface area contributed by atoms with E-state index >= 15 is 0 Å². The number of nitrogens with one attached hydrogen (secondary N) is 1. The van der Waals surface area contributed by atoms with Crippen LogP contribution in [0.1, 0.15) is 24.4 Å². The zero-order valence-corrected chi connectivity index (χ0v) is 10.9. The lowest BCUT2D eigenvalue weighted by Crippen LogP contribution is -2.49. The molecule has 0 bridgehead atoms. The van der Waals surface area contributed by atoms with E-state index in [1.165, 1.54) is 5.56 Å². The Morgan fingerprint density at radius 2 is 1.79 bits per heavy atom. The van der Waals surface area contributed by atoms with Crippen LogP contribution >= 0.6 is 0 Å². The highest BCUT2D eigenvalue weighted by Crippen LogP contribution is 2.49. The minimum atomic E-state index is -0.0754. The molecule has 1 N–H and O–H groups in total. The molecule has 98 valence electrons. The predicted octanol–water partition coefficient (Wildman–Crippen LogP) is 2.59. The summed E-state index contributed by atoms with van der Waals surface area (Å²) in [4.78, 5) is 0. The van der Waals surface area contributed by atoms with Crippen LogP contribution in [-0.2, 0) is 0 Å². The summed E-state index contributed by atoms with van der Waals surface area (Å²) in [5, 5.41) is 3.44. The summed E-state index contributed by atoms with van der Waals surface area (Å²) >= 11 is 0. The minimum absolute atomic E-state index is 0.0754. The first-order valence-corrected chi connectivity index (χ1v) is 7.00. The van der Waals surface area contributed by atoms with E-state index in [0.717, 1.165) is 31.7 Å². The second-order valence-electron chi connectivity index (χ2n) is 5.49. The van der Waals surface area contributed by atoms with E-state index in [4.69, 9.17) is 4.74 Å². The molecule has 19 heavy (non-hydrogen) atoms. The van der Waals surface area contributed by atoms with E-state index in [0.29, 0.717) is 6.04 Å². The molecule has 0 radical (unpaired) electrons. The number of hydrogen-bond donors (Lipinski definition) is 1. The number of aromatic nitrogens is 1. The van der Waals surface area contributed by atoms with Gasteiger partial charge in [-0.15, -0.1) is 0 Å². The third kappa shape index (κ3) is 1.61. The van der Waals surface area contributed by atoms with E-state index in [2.05, 4.69) is 58.7 Å². The Hall–Kier alpha value is -1.74. The molecule has 0 aliphatic carbocycles. The fourth-order valence-corrected chi connectivity index (χ4v) is 3.54. The fraction of sp³-hybridized carbons (Fsp3) is 0.375. The summed E-state index contributed by atoms with van der Waals surface area (Å²) in [7, 11) is 0. The third-order valence-corrected chi connectivity index (χ3v) is 4.40. The van der Waals surface area contributed by atoms with Crippen molar-refractivity contribution in [2.45, 2.75) is 24.5 Å². The molecule has 1 aromatic heterocycles. The van der Waals surface area contributed by atoms with Gasteiger partial charge < -0.3 is 14.6 Å². The van der Waals surface area contributed by atoms with Crippen LogP contribution in [0.3, 0.4) is 0 Å². The summed E-state index contributed by atoms with van der Waals surface area (Å²) in [6.45, 7) is 2.07. The molecule has 2 aliphatic rings. The molecule has 1 atom stereocenters. The highest BCUT2D eigenvalue weighted by Gasteiger charge is 2.49. The van der Waals surface area contributed by atoms with Crippen molar-refractivity contribution in [2.24, 2.45) is 0 Å². The van der Waals surface area contributed by atoms with Crippen LogP contribution < -0.4 is 10.1 Å². The number of benzene rings is 1. The van der Waals surface area contributed by atoms with Gasteiger partial charge >= 0.3 is 0 Å². The summed E-state index contributed by atoms with van der Waals surface area (Å²) in [6.07, 6.45) is 6.43. The monoisotopic (exact) mass is 254 g/mol. The number of hydrogen-bond acceptors (Lipinski definition) is 2. The Balaban J connectivity index is 1.85. The minimum Gasteiger partial charge on any atom is -0.484 e. The van der Waals surface area contributed by atoms with E-state index < -0.39 is 0 Å². The number of ether oxygens (including phenoxy) is 1. The maximum atomic E-state index is 6.41. The number of piperidine rings is 1. The highest BCUT2D eigenvalue weighted by molar-refractivity contribution is 5.43. The highest BCUT2D eigenvalue weighted by atomic mass is 16.5. The van der Waals surface area contributed by atoms with Gasteiger partial charge in [0.25, 0.3) is 0 Å². The molecular weight excluding hydrogens is 236 g/mol. The summed E-state index contributed by atoms with van der Waals surface area (Å²) in [5.74, 6) is 1.06.